The molecule has 0 unspecified atom stereocenters. The third-order valence-electron chi connectivity index (χ3n) is 5.09. The molecule has 3 heterocycles. The van der Waals surface area contributed by atoms with Crippen LogP contribution >= 0.6 is 0 Å². The molecule has 8 nitrogen and oxygen atoms in total. The molecule has 156 valence electrons. The number of rotatable bonds is 4. The van der Waals surface area contributed by atoms with E-state index in [0.29, 0.717) is 35.0 Å². The highest BCUT2D eigenvalue weighted by molar-refractivity contribution is 6.11. The SMILES string of the molecule is Cc1ccc2c(c1)N(CC(=O)NCc1ccc3c(c1)OCO3)C(=O)c1cccnc1O2. The molecule has 3 aromatic rings. The Balaban J connectivity index is 1.37. The van der Waals surface area contributed by atoms with Crippen molar-refractivity contribution in [1.29, 1.82) is 0 Å². The largest absolute Gasteiger partial charge is 0.454 e. The van der Waals surface area contributed by atoms with Gasteiger partial charge in [-0.1, -0.05) is 12.1 Å². The second-order valence-corrected chi connectivity index (χ2v) is 7.28. The molecule has 0 spiro atoms. The van der Waals surface area contributed by atoms with Crippen molar-refractivity contribution >= 4 is 17.5 Å². The van der Waals surface area contributed by atoms with E-state index in [1.54, 1.807) is 24.4 Å². The van der Waals surface area contributed by atoms with Gasteiger partial charge in [-0.05, 0) is 54.4 Å². The number of hydrogen-bond acceptors (Lipinski definition) is 6. The summed E-state index contributed by atoms with van der Waals surface area (Å²) in [5.41, 5.74) is 2.65. The van der Waals surface area contributed by atoms with E-state index in [-0.39, 0.29) is 31.0 Å². The fraction of sp³-hybridized carbons (Fsp3) is 0.174. The van der Waals surface area contributed by atoms with Crippen LogP contribution in [0, 0.1) is 6.92 Å². The Kier molecular flexibility index (Phi) is 4.66. The monoisotopic (exact) mass is 417 g/mol. The summed E-state index contributed by atoms with van der Waals surface area (Å²) >= 11 is 0. The minimum atomic E-state index is -0.342. The van der Waals surface area contributed by atoms with Crippen LogP contribution in [-0.4, -0.2) is 30.1 Å². The molecule has 2 amide bonds. The summed E-state index contributed by atoms with van der Waals surface area (Å²) in [5, 5.41) is 2.86. The molecule has 2 aromatic carbocycles. The van der Waals surface area contributed by atoms with Gasteiger partial charge < -0.3 is 19.5 Å². The van der Waals surface area contributed by atoms with Gasteiger partial charge in [0.1, 0.15) is 12.1 Å². The quantitative estimate of drug-likeness (QED) is 0.701. The van der Waals surface area contributed by atoms with Gasteiger partial charge in [-0.3, -0.25) is 14.5 Å². The molecule has 0 aliphatic carbocycles. The fourth-order valence-electron chi connectivity index (χ4n) is 3.53. The maximum atomic E-state index is 13.2. The maximum absolute atomic E-state index is 13.2. The van der Waals surface area contributed by atoms with Gasteiger partial charge in [0.15, 0.2) is 17.2 Å². The van der Waals surface area contributed by atoms with Gasteiger partial charge in [-0.25, -0.2) is 4.98 Å². The Hall–Kier alpha value is -4.07. The van der Waals surface area contributed by atoms with Crippen molar-refractivity contribution in [3.05, 3.63) is 71.4 Å². The average molecular weight is 417 g/mol. The van der Waals surface area contributed by atoms with Crippen molar-refractivity contribution in [2.45, 2.75) is 13.5 Å². The molecule has 8 heteroatoms. The number of aryl methyl sites for hydroxylation is 1. The number of amides is 2. The van der Waals surface area contributed by atoms with Crippen molar-refractivity contribution in [3.8, 4) is 23.1 Å². The summed E-state index contributed by atoms with van der Waals surface area (Å²) in [7, 11) is 0. The van der Waals surface area contributed by atoms with Gasteiger partial charge in [-0.2, -0.15) is 0 Å². The van der Waals surface area contributed by atoms with Crippen molar-refractivity contribution in [3.63, 3.8) is 0 Å². The predicted octanol–water partition coefficient (Wildman–Crippen LogP) is 3.19. The number of pyridine rings is 1. The first-order valence-electron chi connectivity index (χ1n) is 9.79. The van der Waals surface area contributed by atoms with E-state index in [1.165, 1.54) is 4.90 Å². The number of carbonyl (C=O) groups excluding carboxylic acids is 2. The molecule has 0 fully saturated rings. The lowest BCUT2D eigenvalue weighted by Gasteiger charge is -2.22. The molecular weight excluding hydrogens is 398 g/mol. The summed E-state index contributed by atoms with van der Waals surface area (Å²) in [5.74, 6) is 1.39. The van der Waals surface area contributed by atoms with E-state index < -0.39 is 0 Å². The van der Waals surface area contributed by atoms with Crippen LogP contribution in [0.1, 0.15) is 21.5 Å². The molecule has 31 heavy (non-hydrogen) atoms. The van der Waals surface area contributed by atoms with Crippen LogP contribution in [0.2, 0.25) is 0 Å². The molecule has 2 aliphatic rings. The zero-order valence-corrected chi connectivity index (χ0v) is 16.8. The number of nitrogens with zero attached hydrogens (tertiary/aromatic N) is 2. The number of hydrogen-bond donors (Lipinski definition) is 1. The van der Waals surface area contributed by atoms with Crippen LogP contribution in [0.25, 0.3) is 0 Å². The van der Waals surface area contributed by atoms with Crippen LogP contribution in [0.5, 0.6) is 23.1 Å². The lowest BCUT2D eigenvalue weighted by molar-refractivity contribution is -0.119. The Labute approximate surface area is 178 Å². The lowest BCUT2D eigenvalue weighted by atomic mass is 10.1. The van der Waals surface area contributed by atoms with Crippen LogP contribution < -0.4 is 24.4 Å². The van der Waals surface area contributed by atoms with Crippen molar-refractivity contribution in [1.82, 2.24) is 10.3 Å². The van der Waals surface area contributed by atoms with E-state index in [2.05, 4.69) is 10.3 Å². The number of nitrogens with one attached hydrogen (secondary N) is 1. The third kappa shape index (κ3) is 3.63. The summed E-state index contributed by atoms with van der Waals surface area (Å²) in [4.78, 5) is 31.6. The maximum Gasteiger partial charge on any atom is 0.264 e. The molecular formula is C23H19N3O5. The summed E-state index contributed by atoms with van der Waals surface area (Å²) in [6.45, 7) is 2.25. The topological polar surface area (TPSA) is 90.0 Å². The number of aromatic nitrogens is 1. The van der Waals surface area contributed by atoms with Gasteiger partial charge >= 0.3 is 0 Å². The number of benzene rings is 2. The van der Waals surface area contributed by atoms with Crippen molar-refractivity contribution < 1.29 is 23.8 Å². The van der Waals surface area contributed by atoms with Crippen molar-refractivity contribution in [2.75, 3.05) is 18.2 Å². The van der Waals surface area contributed by atoms with Gasteiger partial charge in [0.25, 0.3) is 5.91 Å². The second-order valence-electron chi connectivity index (χ2n) is 7.28. The Bertz CT molecular complexity index is 1190. The minimum Gasteiger partial charge on any atom is -0.454 e. The molecule has 5 rings (SSSR count). The Morgan fingerprint density at radius 2 is 1.94 bits per heavy atom. The van der Waals surface area contributed by atoms with E-state index in [9.17, 15) is 9.59 Å². The van der Waals surface area contributed by atoms with E-state index in [1.807, 2.05) is 37.3 Å². The van der Waals surface area contributed by atoms with Gasteiger partial charge in [0, 0.05) is 12.7 Å². The molecule has 2 aliphatic heterocycles. The van der Waals surface area contributed by atoms with Gasteiger partial charge in [0.05, 0.1) is 5.69 Å². The third-order valence-corrected chi connectivity index (χ3v) is 5.09. The van der Waals surface area contributed by atoms with Gasteiger partial charge in [-0.15, -0.1) is 0 Å². The molecule has 0 atom stereocenters. The first-order valence-corrected chi connectivity index (χ1v) is 9.79. The molecule has 0 saturated heterocycles. The number of carbonyl (C=O) groups is 2. The molecule has 0 radical (unpaired) electrons. The van der Waals surface area contributed by atoms with Crippen LogP contribution in [0.4, 0.5) is 5.69 Å². The normalized spacial score (nSPS) is 13.7. The molecule has 0 bridgehead atoms. The van der Waals surface area contributed by atoms with Crippen molar-refractivity contribution in [2.24, 2.45) is 0 Å². The predicted molar refractivity (Wildman–Crippen MR) is 112 cm³/mol. The average Bonchev–Trinajstić information content (AvgIpc) is 3.21. The highest BCUT2D eigenvalue weighted by Gasteiger charge is 2.30. The number of fused-ring (bicyclic) bond motifs is 3. The number of anilines is 1. The van der Waals surface area contributed by atoms with E-state index in [4.69, 9.17) is 14.2 Å². The summed E-state index contributed by atoms with van der Waals surface area (Å²) < 4.78 is 16.6. The summed E-state index contributed by atoms with van der Waals surface area (Å²) in [6.07, 6.45) is 1.56. The molecule has 0 saturated carbocycles. The van der Waals surface area contributed by atoms with Crippen LogP contribution in [0.3, 0.4) is 0 Å². The van der Waals surface area contributed by atoms with E-state index in [0.717, 1.165) is 11.1 Å². The standard InChI is InChI=1S/C23H19N3O5/c1-14-4-6-18-17(9-14)26(23(28)16-3-2-8-24-22(16)31-18)12-21(27)25-11-15-5-7-19-20(10-15)30-13-29-19/h2-10H,11-13H2,1H3,(H,25,27). The smallest absolute Gasteiger partial charge is 0.264 e. The molecule has 1 aromatic heterocycles. The first kappa shape index (κ1) is 18.9. The minimum absolute atomic E-state index is 0.155. The highest BCUT2D eigenvalue weighted by atomic mass is 16.7. The Morgan fingerprint density at radius 1 is 1.10 bits per heavy atom. The number of ether oxygens (including phenoxy) is 3. The van der Waals surface area contributed by atoms with Gasteiger partial charge in [0.2, 0.25) is 18.6 Å². The lowest BCUT2D eigenvalue weighted by Crippen LogP contribution is -2.40. The van der Waals surface area contributed by atoms with Crippen LogP contribution in [0.15, 0.2) is 54.7 Å². The fourth-order valence-corrected chi connectivity index (χ4v) is 3.53. The zero-order chi connectivity index (χ0) is 21.4. The zero-order valence-electron chi connectivity index (χ0n) is 16.8. The summed E-state index contributed by atoms with van der Waals surface area (Å²) in [6, 6.07) is 14.3. The second kappa shape index (κ2) is 7.64. The first-order chi connectivity index (χ1) is 15.1. The van der Waals surface area contributed by atoms with Crippen LogP contribution in [-0.2, 0) is 11.3 Å². The highest BCUT2D eigenvalue weighted by Crippen LogP contribution is 2.38. The Morgan fingerprint density at radius 3 is 2.84 bits per heavy atom. The molecule has 1 N–H and O–H groups in total. The van der Waals surface area contributed by atoms with E-state index >= 15 is 0 Å².